The summed E-state index contributed by atoms with van der Waals surface area (Å²) in [4.78, 5) is 16.9. The summed E-state index contributed by atoms with van der Waals surface area (Å²) in [5.41, 5.74) is 0.932. The lowest BCUT2D eigenvalue weighted by atomic mass is 9.87. The average Bonchev–Trinajstić information content (AvgIpc) is 2.91. The molecule has 220 valence electrons. The van der Waals surface area contributed by atoms with E-state index >= 15 is 0 Å². The lowest BCUT2D eigenvalue weighted by Crippen LogP contribution is -2.50. The molecule has 4 rings (SSSR count). The fourth-order valence-corrected chi connectivity index (χ4v) is 5.30. The maximum atomic E-state index is 13.3. The number of carbonyl (C=O) groups is 1. The van der Waals surface area contributed by atoms with Crippen LogP contribution in [0.5, 0.6) is 0 Å². The van der Waals surface area contributed by atoms with E-state index in [0.717, 1.165) is 30.9 Å². The van der Waals surface area contributed by atoms with Crippen molar-refractivity contribution in [1.82, 2.24) is 4.90 Å². The highest BCUT2D eigenvalue weighted by molar-refractivity contribution is 5.77. The molecular weight excluding hydrogens is 525 g/mol. The van der Waals surface area contributed by atoms with E-state index in [4.69, 9.17) is 15.2 Å². The molecule has 0 unspecified atom stereocenters. The summed E-state index contributed by atoms with van der Waals surface area (Å²) in [6, 6.07) is 11.8. The normalized spacial score (nSPS) is 20.4. The molecule has 0 radical (unpaired) electrons. The van der Waals surface area contributed by atoms with Gasteiger partial charge in [-0.05, 0) is 67.0 Å². The van der Waals surface area contributed by atoms with E-state index in [9.17, 15) is 18.0 Å². The first-order valence-electron chi connectivity index (χ1n) is 13.7. The Hall–Kier alpha value is -3.02. The molecule has 0 spiro atoms. The maximum absolute atomic E-state index is 13.3. The molecule has 1 aliphatic carbocycles. The Morgan fingerprint density at radius 1 is 0.975 bits per heavy atom. The van der Waals surface area contributed by atoms with E-state index in [1.165, 1.54) is 11.6 Å². The molecule has 1 aliphatic heterocycles. The largest absolute Gasteiger partial charge is 0.418 e. The molecule has 0 aromatic heterocycles. The van der Waals surface area contributed by atoms with Gasteiger partial charge in [0, 0.05) is 43.6 Å². The predicted octanol–water partition coefficient (Wildman–Crippen LogP) is 5.68. The van der Waals surface area contributed by atoms with Crippen molar-refractivity contribution in [3.8, 4) is 0 Å². The van der Waals surface area contributed by atoms with Gasteiger partial charge in [-0.1, -0.05) is 32.9 Å². The summed E-state index contributed by atoms with van der Waals surface area (Å²) in [5.74, 6) is -0.0236. The Bertz CT molecular complexity index is 1140. The van der Waals surface area contributed by atoms with Crippen LogP contribution in [0.1, 0.15) is 57.6 Å². The number of benzene rings is 2. The van der Waals surface area contributed by atoms with Crippen molar-refractivity contribution in [2.45, 2.75) is 70.2 Å². The fourth-order valence-electron chi connectivity index (χ4n) is 5.30. The van der Waals surface area contributed by atoms with Crippen LogP contribution in [0.15, 0.2) is 42.5 Å². The topological polar surface area (TPSA) is 88.5 Å². The SMILES string of the molecule is CC(C)(C)c1ccc(N2CCN(C(=O)COC3CCC(Nc4ccc(N(O)O)c(C(F)(F)F)c4)CC3)CC2)cc1. The summed E-state index contributed by atoms with van der Waals surface area (Å²) in [7, 11) is 0. The van der Waals surface area contributed by atoms with Gasteiger partial charge in [-0.15, -0.1) is 5.23 Å². The number of halogens is 3. The van der Waals surface area contributed by atoms with Gasteiger partial charge < -0.3 is 19.9 Å². The molecule has 0 bridgehead atoms. The Kier molecular flexibility index (Phi) is 9.16. The first kappa shape index (κ1) is 30.0. The zero-order chi connectivity index (χ0) is 29.1. The van der Waals surface area contributed by atoms with Crippen LogP contribution in [0.2, 0.25) is 0 Å². The molecule has 3 N–H and O–H groups in total. The zero-order valence-electron chi connectivity index (χ0n) is 23.2. The number of carbonyl (C=O) groups excluding carboxylic acids is 1. The third kappa shape index (κ3) is 7.58. The highest BCUT2D eigenvalue weighted by Gasteiger charge is 2.35. The van der Waals surface area contributed by atoms with E-state index in [0.29, 0.717) is 38.8 Å². The molecular formula is C29H39F3N4O4. The number of hydrogen-bond donors (Lipinski definition) is 3. The third-order valence-corrected chi connectivity index (χ3v) is 7.74. The van der Waals surface area contributed by atoms with E-state index in [2.05, 4.69) is 55.3 Å². The Morgan fingerprint density at radius 3 is 2.15 bits per heavy atom. The van der Waals surface area contributed by atoms with Crippen LogP contribution in [0, 0.1) is 0 Å². The van der Waals surface area contributed by atoms with Gasteiger partial charge in [0.05, 0.1) is 11.7 Å². The Morgan fingerprint density at radius 2 is 1.60 bits per heavy atom. The molecule has 2 aromatic rings. The van der Waals surface area contributed by atoms with Gasteiger partial charge in [0.15, 0.2) is 0 Å². The molecule has 1 amide bonds. The number of amides is 1. The van der Waals surface area contributed by atoms with Gasteiger partial charge in [0.2, 0.25) is 5.91 Å². The van der Waals surface area contributed by atoms with Gasteiger partial charge in [-0.3, -0.25) is 15.2 Å². The summed E-state index contributed by atoms with van der Waals surface area (Å²) in [5, 5.41) is 20.8. The quantitative estimate of drug-likeness (QED) is 0.373. The highest BCUT2D eigenvalue weighted by Crippen LogP contribution is 2.38. The number of ether oxygens (including phenoxy) is 1. The number of hydrogen-bond acceptors (Lipinski definition) is 7. The number of alkyl halides is 3. The Balaban J connectivity index is 1.19. The summed E-state index contributed by atoms with van der Waals surface area (Å²) >= 11 is 0. The lowest BCUT2D eigenvalue weighted by Gasteiger charge is -2.37. The minimum absolute atomic E-state index is 0.0236. The van der Waals surface area contributed by atoms with Crippen molar-refractivity contribution in [2.75, 3.05) is 48.2 Å². The van der Waals surface area contributed by atoms with Gasteiger partial charge in [-0.25, -0.2) is 0 Å². The van der Waals surface area contributed by atoms with Crippen molar-refractivity contribution < 1.29 is 33.1 Å². The predicted molar refractivity (Wildman–Crippen MR) is 147 cm³/mol. The second kappa shape index (κ2) is 12.2. The van der Waals surface area contributed by atoms with Crippen LogP contribution < -0.4 is 15.4 Å². The van der Waals surface area contributed by atoms with Gasteiger partial charge in [-0.2, -0.15) is 13.2 Å². The van der Waals surface area contributed by atoms with Gasteiger partial charge in [0.25, 0.3) is 0 Å². The highest BCUT2D eigenvalue weighted by atomic mass is 19.4. The minimum atomic E-state index is -4.74. The molecule has 0 atom stereocenters. The van der Waals surface area contributed by atoms with Crippen LogP contribution in [-0.2, 0) is 21.1 Å². The molecule has 1 saturated heterocycles. The van der Waals surface area contributed by atoms with E-state index < -0.39 is 22.7 Å². The third-order valence-electron chi connectivity index (χ3n) is 7.74. The molecule has 1 heterocycles. The average molecular weight is 565 g/mol. The smallest absolute Gasteiger partial charge is 0.382 e. The summed E-state index contributed by atoms with van der Waals surface area (Å²) in [6.07, 6.45) is -2.07. The zero-order valence-corrected chi connectivity index (χ0v) is 23.2. The van der Waals surface area contributed by atoms with Crippen LogP contribution in [0.3, 0.4) is 0 Å². The lowest BCUT2D eigenvalue weighted by molar-refractivity contribution is -0.139. The number of anilines is 3. The summed E-state index contributed by atoms with van der Waals surface area (Å²) < 4.78 is 45.9. The maximum Gasteiger partial charge on any atom is 0.418 e. The second-order valence-electron chi connectivity index (χ2n) is 11.6. The number of nitrogens with one attached hydrogen (secondary N) is 1. The standard InChI is InChI=1S/C29H39F3N4O4/c1-28(2,3)20-4-9-23(10-5-20)34-14-16-35(17-15-34)27(37)19-40-24-11-6-21(7-12-24)33-22-8-13-26(36(38)39)25(18-22)29(30,31)32/h4-5,8-10,13,18,21,24,33,38-39H,6-7,11-12,14-17,19H2,1-3H3. The first-order valence-corrected chi connectivity index (χ1v) is 13.7. The fraction of sp³-hybridized carbons (Fsp3) is 0.552. The van der Waals surface area contributed by atoms with Crippen LogP contribution in [0.4, 0.5) is 30.2 Å². The van der Waals surface area contributed by atoms with Gasteiger partial charge >= 0.3 is 6.18 Å². The van der Waals surface area contributed by atoms with Crippen molar-refractivity contribution >= 4 is 23.0 Å². The van der Waals surface area contributed by atoms with Crippen molar-refractivity contribution in [3.05, 3.63) is 53.6 Å². The number of rotatable bonds is 7. The van der Waals surface area contributed by atoms with Crippen molar-refractivity contribution in [1.29, 1.82) is 0 Å². The van der Waals surface area contributed by atoms with Crippen LogP contribution >= 0.6 is 0 Å². The monoisotopic (exact) mass is 564 g/mol. The molecule has 1 saturated carbocycles. The van der Waals surface area contributed by atoms with E-state index in [1.54, 1.807) is 0 Å². The van der Waals surface area contributed by atoms with Gasteiger partial charge in [0.1, 0.15) is 12.3 Å². The molecule has 40 heavy (non-hydrogen) atoms. The van der Waals surface area contributed by atoms with Crippen molar-refractivity contribution in [2.24, 2.45) is 0 Å². The van der Waals surface area contributed by atoms with Crippen molar-refractivity contribution in [3.63, 3.8) is 0 Å². The summed E-state index contributed by atoms with van der Waals surface area (Å²) in [6.45, 7) is 9.42. The molecule has 2 aliphatic rings. The second-order valence-corrected chi connectivity index (χ2v) is 11.6. The first-order chi connectivity index (χ1) is 18.8. The Labute approximate surface area is 233 Å². The molecule has 2 aromatic carbocycles. The molecule has 8 nitrogen and oxygen atoms in total. The molecule has 11 heteroatoms. The van der Waals surface area contributed by atoms with Crippen LogP contribution in [-0.4, -0.2) is 66.2 Å². The molecule has 2 fully saturated rings. The number of piperazine rings is 1. The van der Waals surface area contributed by atoms with Crippen LogP contribution in [0.25, 0.3) is 0 Å². The number of nitrogens with zero attached hydrogens (tertiary/aromatic N) is 3. The minimum Gasteiger partial charge on any atom is -0.382 e. The van der Waals surface area contributed by atoms with E-state index in [-0.39, 0.29) is 35.8 Å². The van der Waals surface area contributed by atoms with E-state index in [1.807, 2.05) is 4.90 Å².